The normalized spacial score (nSPS) is 11.9. The van der Waals surface area contributed by atoms with E-state index in [9.17, 15) is 9.18 Å². The zero-order chi connectivity index (χ0) is 16.9. The van der Waals surface area contributed by atoms with E-state index in [1.54, 1.807) is 19.1 Å². The topological polar surface area (TPSA) is 68.0 Å². The van der Waals surface area contributed by atoms with E-state index >= 15 is 0 Å². The Hall–Kier alpha value is -2.67. The molecule has 0 saturated heterocycles. The summed E-state index contributed by atoms with van der Waals surface area (Å²) >= 11 is 1.12. The number of nitrogens with zero attached hydrogens (tertiary/aromatic N) is 2. The van der Waals surface area contributed by atoms with Crippen LogP contribution in [-0.4, -0.2) is 21.4 Å². The fourth-order valence-corrected chi connectivity index (χ4v) is 2.64. The van der Waals surface area contributed by atoms with Gasteiger partial charge in [-0.3, -0.25) is 4.79 Å². The maximum atomic E-state index is 13.6. The molecule has 122 valence electrons. The Morgan fingerprint density at radius 1 is 1.12 bits per heavy atom. The third-order valence-corrected chi connectivity index (χ3v) is 4.14. The minimum absolute atomic E-state index is 0.144. The predicted molar refractivity (Wildman–Crippen MR) is 90.1 cm³/mol. The van der Waals surface area contributed by atoms with Crippen LogP contribution >= 0.6 is 11.8 Å². The Labute approximate surface area is 142 Å². The van der Waals surface area contributed by atoms with Crippen molar-refractivity contribution in [3.05, 3.63) is 60.4 Å². The Morgan fingerprint density at radius 2 is 1.83 bits per heavy atom. The van der Waals surface area contributed by atoms with Crippen molar-refractivity contribution in [2.75, 3.05) is 5.32 Å². The predicted octanol–water partition coefficient (Wildman–Crippen LogP) is 4.00. The monoisotopic (exact) mass is 343 g/mol. The van der Waals surface area contributed by atoms with Gasteiger partial charge in [0.25, 0.3) is 5.22 Å². The number of carbonyl (C=O) groups is 1. The van der Waals surface area contributed by atoms with Crippen molar-refractivity contribution < 1.29 is 13.6 Å². The number of benzene rings is 2. The van der Waals surface area contributed by atoms with E-state index in [2.05, 4.69) is 15.5 Å². The van der Waals surface area contributed by atoms with Crippen LogP contribution in [0.2, 0.25) is 0 Å². The number of nitrogens with one attached hydrogen (secondary N) is 1. The van der Waals surface area contributed by atoms with Gasteiger partial charge in [-0.15, -0.1) is 10.2 Å². The maximum absolute atomic E-state index is 13.6. The second-order valence-electron chi connectivity index (χ2n) is 4.97. The van der Waals surface area contributed by atoms with Gasteiger partial charge >= 0.3 is 0 Å². The molecule has 0 saturated carbocycles. The first-order valence-electron chi connectivity index (χ1n) is 7.24. The average Bonchev–Trinajstić information content (AvgIpc) is 3.06. The van der Waals surface area contributed by atoms with Crippen LogP contribution in [0.1, 0.15) is 6.92 Å². The minimum atomic E-state index is -0.520. The van der Waals surface area contributed by atoms with Gasteiger partial charge < -0.3 is 9.73 Å². The number of halogens is 1. The molecular formula is C17H14FN3O2S. The summed E-state index contributed by atoms with van der Waals surface area (Å²) in [6.45, 7) is 1.69. The van der Waals surface area contributed by atoms with Crippen LogP contribution in [0.25, 0.3) is 11.5 Å². The molecule has 1 aromatic heterocycles. The van der Waals surface area contributed by atoms with Crippen molar-refractivity contribution in [3.63, 3.8) is 0 Å². The van der Waals surface area contributed by atoms with Crippen molar-refractivity contribution in [1.82, 2.24) is 10.2 Å². The largest absolute Gasteiger partial charge is 0.411 e. The Morgan fingerprint density at radius 3 is 2.58 bits per heavy atom. The van der Waals surface area contributed by atoms with E-state index in [1.165, 1.54) is 12.1 Å². The summed E-state index contributed by atoms with van der Waals surface area (Å²) in [7, 11) is 0. The molecule has 2 aromatic carbocycles. The van der Waals surface area contributed by atoms with E-state index in [4.69, 9.17) is 4.42 Å². The van der Waals surface area contributed by atoms with Crippen LogP contribution in [0.3, 0.4) is 0 Å². The second-order valence-corrected chi connectivity index (χ2v) is 6.26. The number of amides is 1. The zero-order valence-electron chi connectivity index (χ0n) is 12.8. The fourth-order valence-electron chi connectivity index (χ4n) is 1.96. The summed E-state index contributed by atoms with van der Waals surface area (Å²) in [5.74, 6) is -0.434. The third kappa shape index (κ3) is 3.80. The van der Waals surface area contributed by atoms with Crippen LogP contribution in [0, 0.1) is 5.82 Å². The van der Waals surface area contributed by atoms with Crippen molar-refractivity contribution in [2.24, 2.45) is 0 Å². The van der Waals surface area contributed by atoms with Gasteiger partial charge in [-0.25, -0.2) is 4.39 Å². The second kappa shape index (κ2) is 7.27. The molecule has 0 unspecified atom stereocenters. The molecule has 1 heterocycles. The van der Waals surface area contributed by atoms with E-state index in [-0.39, 0.29) is 16.8 Å². The molecule has 0 aliphatic rings. The first-order valence-corrected chi connectivity index (χ1v) is 8.12. The van der Waals surface area contributed by atoms with Crippen LogP contribution < -0.4 is 5.32 Å². The molecule has 1 atom stereocenters. The van der Waals surface area contributed by atoms with Crippen LogP contribution in [-0.2, 0) is 4.79 Å². The van der Waals surface area contributed by atoms with Gasteiger partial charge in [0, 0.05) is 5.56 Å². The Balaban J connectivity index is 1.65. The SMILES string of the molecule is C[C@@H](Sc1nnc(-c2ccccc2)o1)C(=O)Nc1ccccc1F. The maximum Gasteiger partial charge on any atom is 0.277 e. The van der Waals surface area contributed by atoms with Gasteiger partial charge in [-0.05, 0) is 31.2 Å². The number of carbonyl (C=O) groups excluding carboxylic acids is 1. The van der Waals surface area contributed by atoms with Crippen LogP contribution in [0.5, 0.6) is 0 Å². The molecule has 0 aliphatic carbocycles. The number of para-hydroxylation sites is 1. The van der Waals surface area contributed by atoms with Crippen LogP contribution in [0.4, 0.5) is 10.1 Å². The molecule has 0 bridgehead atoms. The van der Waals surface area contributed by atoms with Gasteiger partial charge in [0.1, 0.15) is 5.82 Å². The first-order chi connectivity index (χ1) is 11.6. The summed E-state index contributed by atoms with van der Waals surface area (Å²) < 4.78 is 19.1. The van der Waals surface area contributed by atoms with Gasteiger partial charge in [0.15, 0.2) is 0 Å². The number of hydrogen-bond donors (Lipinski definition) is 1. The van der Waals surface area contributed by atoms with Crippen molar-refractivity contribution in [3.8, 4) is 11.5 Å². The van der Waals surface area contributed by atoms with E-state index in [1.807, 2.05) is 30.3 Å². The molecule has 0 fully saturated rings. The molecule has 0 radical (unpaired) electrons. The molecule has 1 amide bonds. The van der Waals surface area contributed by atoms with Crippen LogP contribution in [0.15, 0.2) is 64.2 Å². The first kappa shape index (κ1) is 16.2. The number of aromatic nitrogens is 2. The van der Waals surface area contributed by atoms with Gasteiger partial charge in [0.2, 0.25) is 11.8 Å². The molecule has 1 N–H and O–H groups in total. The highest BCUT2D eigenvalue weighted by Gasteiger charge is 2.19. The smallest absolute Gasteiger partial charge is 0.277 e. The summed E-state index contributed by atoms with van der Waals surface area (Å²) in [6.07, 6.45) is 0. The van der Waals surface area contributed by atoms with E-state index < -0.39 is 11.1 Å². The molecular weight excluding hydrogens is 329 g/mol. The van der Waals surface area contributed by atoms with Crippen molar-refractivity contribution in [2.45, 2.75) is 17.4 Å². The summed E-state index contributed by atoms with van der Waals surface area (Å²) in [5, 5.41) is 10.2. The van der Waals surface area contributed by atoms with Gasteiger partial charge in [0.05, 0.1) is 10.9 Å². The molecule has 3 aromatic rings. The number of thioether (sulfide) groups is 1. The lowest BCUT2D eigenvalue weighted by molar-refractivity contribution is -0.115. The lowest BCUT2D eigenvalue weighted by Crippen LogP contribution is -2.22. The zero-order valence-corrected chi connectivity index (χ0v) is 13.6. The average molecular weight is 343 g/mol. The molecule has 7 heteroatoms. The highest BCUT2D eigenvalue weighted by atomic mass is 32.2. The Bertz CT molecular complexity index is 839. The molecule has 5 nitrogen and oxygen atoms in total. The number of anilines is 1. The summed E-state index contributed by atoms with van der Waals surface area (Å²) in [4.78, 5) is 12.2. The summed E-state index contributed by atoms with van der Waals surface area (Å²) in [6, 6.07) is 15.4. The molecule has 3 rings (SSSR count). The molecule has 0 aliphatic heterocycles. The molecule has 0 spiro atoms. The standard InChI is InChI=1S/C17H14FN3O2S/c1-11(15(22)19-14-10-6-5-9-13(14)18)24-17-21-20-16(23-17)12-7-3-2-4-8-12/h2-11H,1H3,(H,19,22)/t11-/m1/s1. The van der Waals surface area contributed by atoms with E-state index in [0.717, 1.165) is 17.3 Å². The van der Waals surface area contributed by atoms with Gasteiger partial charge in [-0.1, -0.05) is 42.1 Å². The minimum Gasteiger partial charge on any atom is -0.411 e. The van der Waals surface area contributed by atoms with Crippen molar-refractivity contribution in [1.29, 1.82) is 0 Å². The summed E-state index contributed by atoms with van der Waals surface area (Å²) in [5.41, 5.74) is 0.950. The highest BCUT2D eigenvalue weighted by molar-refractivity contribution is 8.00. The van der Waals surface area contributed by atoms with E-state index in [0.29, 0.717) is 5.89 Å². The quantitative estimate of drug-likeness (QED) is 0.709. The lowest BCUT2D eigenvalue weighted by Gasteiger charge is -2.10. The highest BCUT2D eigenvalue weighted by Crippen LogP contribution is 2.26. The number of hydrogen-bond acceptors (Lipinski definition) is 5. The van der Waals surface area contributed by atoms with Crippen molar-refractivity contribution >= 4 is 23.4 Å². The Kier molecular flexibility index (Phi) is 4.90. The van der Waals surface area contributed by atoms with Gasteiger partial charge in [-0.2, -0.15) is 0 Å². The third-order valence-electron chi connectivity index (χ3n) is 3.21. The lowest BCUT2D eigenvalue weighted by atomic mass is 10.2. The number of rotatable bonds is 5. The fraction of sp³-hybridized carbons (Fsp3) is 0.118. The molecule has 24 heavy (non-hydrogen) atoms.